The van der Waals surface area contributed by atoms with E-state index in [1.165, 1.54) is 19.2 Å². The molecule has 15 nitrogen and oxygen atoms in total. The van der Waals surface area contributed by atoms with Crippen molar-refractivity contribution in [1.29, 1.82) is 5.26 Å². The number of aromatic nitrogens is 1. The van der Waals surface area contributed by atoms with Crippen molar-refractivity contribution >= 4 is 64.1 Å². The van der Waals surface area contributed by atoms with E-state index in [0.717, 1.165) is 54.1 Å². The molecule has 4 amide bonds. The Hall–Kier alpha value is -6.67. The second-order valence-electron chi connectivity index (χ2n) is 16.8. The van der Waals surface area contributed by atoms with E-state index in [1.54, 1.807) is 30.5 Å². The number of fused-ring (bicyclic) bond motifs is 2. The number of carbonyl (C=O) groups excluding carboxylic acids is 5. The number of nitriles is 1. The summed E-state index contributed by atoms with van der Waals surface area (Å²) >= 11 is 0. The molecule has 3 unspecified atom stereocenters. The lowest BCUT2D eigenvalue weighted by Crippen LogP contribution is -2.49. The highest BCUT2D eigenvalue weighted by atomic mass is 19.1. The zero-order chi connectivity index (χ0) is 45.5. The van der Waals surface area contributed by atoms with Crippen LogP contribution in [0.5, 0.6) is 0 Å². The van der Waals surface area contributed by atoms with E-state index in [9.17, 15) is 29.2 Å². The van der Waals surface area contributed by atoms with E-state index >= 15 is 8.78 Å². The number of piperidine rings is 1. The number of amides is 4. The molecular weight excluding hydrogens is 823 g/mol. The number of halogens is 2. The normalized spacial score (nSPS) is 17.1. The molecular formula is C47H54F2N10O5. The fraction of sp³-hybridized carbons (Fsp3) is 0.426. The molecule has 2 fully saturated rings. The summed E-state index contributed by atoms with van der Waals surface area (Å²) in [5.41, 5.74) is 3.39. The van der Waals surface area contributed by atoms with Gasteiger partial charge < -0.3 is 35.4 Å². The topological polar surface area (TPSA) is 174 Å². The van der Waals surface area contributed by atoms with Gasteiger partial charge >= 0.3 is 0 Å². The zero-order valence-electron chi connectivity index (χ0n) is 36.4. The molecule has 4 aromatic rings. The molecule has 4 heterocycles. The first-order valence-corrected chi connectivity index (χ1v) is 21.8. The van der Waals surface area contributed by atoms with Crippen LogP contribution in [0.2, 0.25) is 0 Å². The zero-order valence-corrected chi connectivity index (χ0v) is 36.4. The Morgan fingerprint density at radius 3 is 2.41 bits per heavy atom. The van der Waals surface area contributed by atoms with Gasteiger partial charge in [0.1, 0.15) is 30.0 Å². The number of nitrogens with one attached hydrogen (secondary N) is 3. The van der Waals surface area contributed by atoms with Crippen LogP contribution in [0.15, 0.2) is 60.8 Å². The highest BCUT2D eigenvalue weighted by molar-refractivity contribution is 6.23. The molecule has 3 aliphatic heterocycles. The fourth-order valence-electron chi connectivity index (χ4n) is 9.25. The number of benzene rings is 3. The van der Waals surface area contributed by atoms with Crippen molar-refractivity contribution < 1.29 is 32.8 Å². The summed E-state index contributed by atoms with van der Waals surface area (Å²) in [6.45, 7) is 9.61. The van der Waals surface area contributed by atoms with Crippen molar-refractivity contribution in [3.05, 3.63) is 89.1 Å². The number of pyridine rings is 1. The molecule has 0 radical (unpaired) electrons. The number of rotatable bonds is 18. The maximum atomic E-state index is 15.8. The second kappa shape index (κ2) is 20.2. The van der Waals surface area contributed by atoms with Crippen LogP contribution in [-0.4, -0.2) is 129 Å². The number of imide groups is 1. The van der Waals surface area contributed by atoms with Crippen LogP contribution in [0.1, 0.15) is 65.8 Å². The van der Waals surface area contributed by atoms with Crippen molar-refractivity contribution in [1.82, 2.24) is 25.4 Å². The third-order valence-corrected chi connectivity index (χ3v) is 12.6. The van der Waals surface area contributed by atoms with Gasteiger partial charge in [-0.1, -0.05) is 0 Å². The van der Waals surface area contributed by atoms with Gasteiger partial charge in [-0.3, -0.25) is 34.0 Å². The molecule has 336 valence electrons. The minimum Gasteiger partial charge on any atom is -0.378 e. The summed E-state index contributed by atoms with van der Waals surface area (Å²) in [4.78, 5) is 75.4. The van der Waals surface area contributed by atoms with Crippen molar-refractivity contribution in [2.75, 3.05) is 86.0 Å². The molecule has 0 spiro atoms. The molecule has 1 aromatic heterocycles. The summed E-state index contributed by atoms with van der Waals surface area (Å²) < 4.78 is 31.6. The Labute approximate surface area is 371 Å². The molecule has 2 saturated heterocycles. The number of anilines is 4. The average Bonchev–Trinajstić information content (AvgIpc) is 3.56. The highest BCUT2D eigenvalue weighted by Crippen LogP contribution is 2.34. The number of nitrogens with zero attached hydrogens (tertiary/aromatic N) is 7. The molecule has 64 heavy (non-hydrogen) atoms. The van der Waals surface area contributed by atoms with E-state index < -0.39 is 35.4 Å². The number of aldehydes is 1. The number of hydrogen-bond donors (Lipinski definition) is 3. The van der Waals surface area contributed by atoms with Gasteiger partial charge in [0.15, 0.2) is 0 Å². The quantitative estimate of drug-likeness (QED) is 0.0942. The van der Waals surface area contributed by atoms with Gasteiger partial charge in [-0.15, -0.1) is 0 Å². The highest BCUT2D eigenvalue weighted by Gasteiger charge is 2.43. The van der Waals surface area contributed by atoms with Crippen molar-refractivity contribution in [3.63, 3.8) is 0 Å². The minimum atomic E-state index is -1.07. The second-order valence-corrected chi connectivity index (χ2v) is 16.8. The van der Waals surface area contributed by atoms with Gasteiger partial charge in [-0.25, -0.2) is 8.78 Å². The standard InChI is InChI=1S/C47H54F2N10O5/c1-30(27-58(31(2)26-52-29-61)41-11-8-33(25-50)44-36(41)6-4-14-53-44)54-40-23-39(49)43(24-38(40)48)57-15-12-32(13-16-57)28-55-17-19-56(20-18-55)34-9-10-35-37(22-34)47(64)59(46(35)63)42(7-5-21-60)45(62)51-3/h4,6,8-11,14,21-24,29-32,42,54H,5,7,12-13,15-20,26-28H2,1-3H3,(H,51,62)(H,52,61). The van der Waals surface area contributed by atoms with Crippen LogP contribution >= 0.6 is 0 Å². The number of likely N-dealkylation sites (N-methyl/N-ethyl adjacent to an activating group) is 1. The Morgan fingerprint density at radius 1 is 0.953 bits per heavy atom. The lowest BCUT2D eigenvalue weighted by Gasteiger charge is -2.40. The summed E-state index contributed by atoms with van der Waals surface area (Å²) in [5, 5.41) is 18.8. The molecule has 3 N–H and O–H groups in total. The molecule has 3 aliphatic rings. The minimum absolute atomic E-state index is 0.0385. The predicted molar refractivity (Wildman–Crippen MR) is 240 cm³/mol. The maximum Gasteiger partial charge on any atom is 0.262 e. The van der Waals surface area contributed by atoms with Crippen LogP contribution < -0.4 is 30.7 Å². The lowest BCUT2D eigenvalue weighted by molar-refractivity contribution is -0.124. The van der Waals surface area contributed by atoms with E-state index in [1.807, 2.05) is 36.9 Å². The summed E-state index contributed by atoms with van der Waals surface area (Å²) in [6.07, 6.45) is 4.67. The van der Waals surface area contributed by atoms with Crippen molar-refractivity contribution in [2.24, 2.45) is 5.92 Å². The van der Waals surface area contributed by atoms with Crippen molar-refractivity contribution in [3.8, 4) is 6.07 Å². The SMILES string of the molecule is CNC(=O)C(CCC=O)N1C(=O)c2ccc(N3CCN(CC4CCN(c5cc(F)c(NC(C)CN(c6ccc(C#N)c7ncccc67)C(C)CNC=O)cc5F)CC4)CC3)cc2C1=O. The third-order valence-electron chi connectivity index (χ3n) is 12.6. The first-order chi connectivity index (χ1) is 31.0. The Morgan fingerprint density at radius 2 is 1.70 bits per heavy atom. The van der Waals surface area contributed by atoms with E-state index in [4.69, 9.17) is 0 Å². The molecule has 0 aliphatic carbocycles. The van der Waals surface area contributed by atoms with Gasteiger partial charge in [0.2, 0.25) is 12.3 Å². The summed E-state index contributed by atoms with van der Waals surface area (Å²) in [6, 6.07) is 15.5. The summed E-state index contributed by atoms with van der Waals surface area (Å²) in [5.74, 6) is -2.27. The van der Waals surface area contributed by atoms with Crippen LogP contribution in [0.25, 0.3) is 10.9 Å². The molecule has 0 bridgehead atoms. The molecule has 0 saturated carbocycles. The largest absolute Gasteiger partial charge is 0.378 e. The smallest absolute Gasteiger partial charge is 0.262 e. The predicted octanol–water partition coefficient (Wildman–Crippen LogP) is 4.55. The lowest BCUT2D eigenvalue weighted by atomic mass is 9.95. The third kappa shape index (κ3) is 9.62. The first kappa shape index (κ1) is 45.4. The van der Waals surface area contributed by atoms with Gasteiger partial charge in [-0.2, -0.15) is 5.26 Å². The van der Waals surface area contributed by atoms with E-state index in [0.29, 0.717) is 69.0 Å². The van der Waals surface area contributed by atoms with Gasteiger partial charge in [0, 0.05) is 120 Å². The van der Waals surface area contributed by atoms with Crippen LogP contribution in [0.3, 0.4) is 0 Å². The van der Waals surface area contributed by atoms with Crippen molar-refractivity contribution in [2.45, 2.75) is 57.7 Å². The Balaban J connectivity index is 0.920. The Bertz CT molecular complexity index is 2430. The molecule has 3 atom stereocenters. The number of piperazine rings is 1. The molecule has 3 aromatic carbocycles. The van der Waals surface area contributed by atoms with Gasteiger partial charge in [0.05, 0.1) is 33.6 Å². The first-order valence-electron chi connectivity index (χ1n) is 21.8. The monoisotopic (exact) mass is 876 g/mol. The van der Waals surface area contributed by atoms with E-state index in [-0.39, 0.29) is 47.4 Å². The van der Waals surface area contributed by atoms with Crippen LogP contribution in [0, 0.1) is 28.9 Å². The van der Waals surface area contributed by atoms with Crippen LogP contribution in [0.4, 0.5) is 31.5 Å². The van der Waals surface area contributed by atoms with E-state index in [2.05, 4.69) is 41.7 Å². The number of carbonyl (C=O) groups is 5. The summed E-state index contributed by atoms with van der Waals surface area (Å²) in [7, 11) is 1.43. The van der Waals surface area contributed by atoms with Gasteiger partial charge in [0.25, 0.3) is 11.8 Å². The molecule has 17 heteroatoms. The average molecular weight is 877 g/mol. The van der Waals surface area contributed by atoms with Gasteiger partial charge in [-0.05, 0) is 81.5 Å². The maximum absolute atomic E-state index is 15.8. The van der Waals surface area contributed by atoms with Crippen LogP contribution in [-0.2, 0) is 14.4 Å². The molecule has 7 rings (SSSR count). The fourth-order valence-corrected chi connectivity index (χ4v) is 9.25. The Kier molecular flexibility index (Phi) is 14.3. The number of hydrogen-bond acceptors (Lipinski definition) is 12.